The van der Waals surface area contributed by atoms with Crippen LogP contribution in [-0.4, -0.2) is 9.97 Å². The minimum absolute atomic E-state index is 0.967. The quantitative estimate of drug-likeness (QED) is 0.0667. The fourth-order valence-corrected chi connectivity index (χ4v) is 7.38. The highest BCUT2D eigenvalue weighted by molar-refractivity contribution is 5.27. The summed E-state index contributed by atoms with van der Waals surface area (Å²) in [5, 5.41) is 0. The van der Waals surface area contributed by atoms with Gasteiger partial charge in [0.05, 0.1) is 0 Å². The normalized spacial score (nSPS) is 11.6. The Kier molecular flexibility index (Phi) is 32.8. The fraction of sp³-hybridized carbons (Fsp3) is 0.911. The van der Waals surface area contributed by atoms with E-state index in [1.54, 1.807) is 5.56 Å². The van der Waals surface area contributed by atoms with E-state index in [2.05, 4.69) is 27.7 Å². The lowest BCUT2D eigenvalue weighted by Gasteiger charge is -2.16. The molecule has 0 unspecified atom stereocenters. The average Bonchev–Trinajstić information content (AvgIpc) is 3.09. The molecule has 1 aromatic heterocycles. The molecule has 0 saturated heterocycles. The molecule has 0 bridgehead atoms. The second kappa shape index (κ2) is 34.9. The summed E-state index contributed by atoms with van der Waals surface area (Å²) in [6, 6.07) is 0. The van der Waals surface area contributed by atoms with Crippen LogP contribution in [0.4, 0.5) is 0 Å². The molecule has 0 fully saturated rings. The summed E-state index contributed by atoms with van der Waals surface area (Å²) in [7, 11) is 0. The maximum atomic E-state index is 5.20. The number of aryl methyl sites for hydroxylation is 3. The summed E-state index contributed by atoms with van der Waals surface area (Å²) in [6.07, 6.45) is 51.1. The van der Waals surface area contributed by atoms with E-state index >= 15 is 0 Å². The zero-order valence-electron chi connectivity index (χ0n) is 33.1. The van der Waals surface area contributed by atoms with Crippen LogP contribution in [-0.2, 0) is 25.7 Å². The Morgan fingerprint density at radius 2 is 0.511 bits per heavy atom. The van der Waals surface area contributed by atoms with Gasteiger partial charge in [0.2, 0.25) is 0 Å². The van der Waals surface area contributed by atoms with Gasteiger partial charge >= 0.3 is 0 Å². The van der Waals surface area contributed by atoms with Crippen molar-refractivity contribution in [2.45, 2.75) is 265 Å². The first-order valence-electron chi connectivity index (χ1n) is 22.1. The van der Waals surface area contributed by atoms with Gasteiger partial charge in [-0.05, 0) is 44.1 Å². The molecule has 0 saturated carbocycles. The summed E-state index contributed by atoms with van der Waals surface area (Å²) >= 11 is 0. The van der Waals surface area contributed by atoms with Crippen LogP contribution in [0.15, 0.2) is 0 Å². The van der Waals surface area contributed by atoms with Crippen LogP contribution in [0.5, 0.6) is 0 Å². The van der Waals surface area contributed by atoms with E-state index in [9.17, 15) is 0 Å². The Labute approximate surface area is 297 Å². The third-order valence-corrected chi connectivity index (χ3v) is 10.6. The second-order valence-electron chi connectivity index (χ2n) is 15.2. The van der Waals surface area contributed by atoms with Crippen LogP contribution >= 0.6 is 0 Å². The lowest BCUT2D eigenvalue weighted by Crippen LogP contribution is -2.11. The first-order valence-corrected chi connectivity index (χ1v) is 22.1. The molecule has 0 atom stereocenters. The summed E-state index contributed by atoms with van der Waals surface area (Å²) in [5.74, 6) is 1.10. The van der Waals surface area contributed by atoms with Crippen molar-refractivity contribution in [1.82, 2.24) is 9.97 Å². The van der Waals surface area contributed by atoms with E-state index in [-0.39, 0.29) is 0 Å². The summed E-state index contributed by atoms with van der Waals surface area (Å²) in [6.45, 7) is 9.18. The molecule has 1 heterocycles. The Morgan fingerprint density at radius 3 is 0.766 bits per heavy atom. The van der Waals surface area contributed by atoms with Crippen LogP contribution in [0.3, 0.4) is 0 Å². The van der Waals surface area contributed by atoms with Crippen molar-refractivity contribution < 1.29 is 0 Å². The van der Waals surface area contributed by atoms with Gasteiger partial charge in [0.15, 0.2) is 0 Å². The molecule has 0 aliphatic heterocycles. The van der Waals surface area contributed by atoms with Gasteiger partial charge < -0.3 is 0 Å². The molecule has 0 aliphatic rings. The number of aromatic nitrogens is 2. The van der Waals surface area contributed by atoms with Crippen LogP contribution in [0.25, 0.3) is 0 Å². The fourth-order valence-electron chi connectivity index (χ4n) is 7.38. The van der Waals surface area contributed by atoms with Gasteiger partial charge in [-0.3, -0.25) is 0 Å². The minimum Gasteiger partial charge on any atom is -0.238 e. The van der Waals surface area contributed by atoms with E-state index < -0.39 is 0 Å². The Morgan fingerprint density at radius 1 is 0.277 bits per heavy atom. The molecular formula is C45H86N2. The number of nitrogens with zero attached hydrogens (tertiary/aromatic N) is 2. The Bertz CT molecular complexity index is 724. The van der Waals surface area contributed by atoms with Crippen molar-refractivity contribution in [2.24, 2.45) is 0 Å². The number of hydrogen-bond donors (Lipinski definition) is 0. The monoisotopic (exact) mass is 655 g/mol. The van der Waals surface area contributed by atoms with Crippen molar-refractivity contribution in [3.05, 3.63) is 22.8 Å². The second-order valence-corrected chi connectivity index (χ2v) is 15.2. The molecule has 2 heteroatoms. The van der Waals surface area contributed by atoms with E-state index in [0.29, 0.717) is 0 Å². The standard InChI is InChI=1S/C45H86N2/c1-5-9-12-15-18-21-24-27-30-33-36-39-42-43(40-37-34-31-28-25-22-19-16-13-10-6-2)46-45(8-4)47-44(42)41-38-35-32-29-26-23-20-17-14-11-7-3/h5-41H2,1-4H3. The molecule has 0 N–H and O–H groups in total. The van der Waals surface area contributed by atoms with E-state index in [1.165, 1.54) is 243 Å². The van der Waals surface area contributed by atoms with Gasteiger partial charge in [0.25, 0.3) is 0 Å². The van der Waals surface area contributed by atoms with Gasteiger partial charge in [-0.1, -0.05) is 220 Å². The van der Waals surface area contributed by atoms with Gasteiger partial charge in [0.1, 0.15) is 5.82 Å². The highest BCUT2D eigenvalue weighted by atomic mass is 14.9. The van der Waals surface area contributed by atoms with Crippen molar-refractivity contribution in [1.29, 1.82) is 0 Å². The number of rotatable bonds is 37. The van der Waals surface area contributed by atoms with Crippen LogP contribution in [0, 0.1) is 0 Å². The predicted molar refractivity (Wildman–Crippen MR) is 212 cm³/mol. The van der Waals surface area contributed by atoms with Crippen molar-refractivity contribution in [2.75, 3.05) is 0 Å². The zero-order chi connectivity index (χ0) is 33.9. The first kappa shape index (κ1) is 44.1. The zero-order valence-corrected chi connectivity index (χ0v) is 33.1. The van der Waals surface area contributed by atoms with Crippen LogP contribution in [0.1, 0.15) is 262 Å². The van der Waals surface area contributed by atoms with E-state index in [4.69, 9.17) is 9.97 Å². The van der Waals surface area contributed by atoms with Crippen molar-refractivity contribution >= 4 is 0 Å². The maximum Gasteiger partial charge on any atom is 0.128 e. The van der Waals surface area contributed by atoms with Crippen LogP contribution in [0.2, 0.25) is 0 Å². The molecule has 0 amide bonds. The summed E-state index contributed by atoms with van der Waals surface area (Å²) in [4.78, 5) is 10.4. The summed E-state index contributed by atoms with van der Waals surface area (Å²) in [5.41, 5.74) is 4.42. The maximum absolute atomic E-state index is 5.20. The lowest BCUT2D eigenvalue weighted by atomic mass is 9.96. The molecular weight excluding hydrogens is 569 g/mol. The topological polar surface area (TPSA) is 25.8 Å². The highest BCUT2D eigenvalue weighted by Gasteiger charge is 2.14. The number of unbranched alkanes of at least 4 members (excludes halogenated alkanes) is 30. The van der Waals surface area contributed by atoms with Gasteiger partial charge in [-0.25, -0.2) is 9.97 Å². The Hall–Kier alpha value is -0.920. The van der Waals surface area contributed by atoms with Gasteiger partial charge in [-0.2, -0.15) is 0 Å². The largest absolute Gasteiger partial charge is 0.238 e. The Balaban J connectivity index is 2.54. The molecule has 0 radical (unpaired) electrons. The first-order chi connectivity index (χ1) is 23.3. The smallest absolute Gasteiger partial charge is 0.128 e. The molecule has 1 aromatic rings. The van der Waals surface area contributed by atoms with Crippen molar-refractivity contribution in [3.63, 3.8) is 0 Å². The lowest BCUT2D eigenvalue weighted by molar-refractivity contribution is 0.542. The SMILES string of the molecule is CCCCCCCCCCCCCc1nc(CC)nc(CCCCCCCCCCCCC)c1CCCCCCCCCCCCC. The minimum atomic E-state index is 0.967. The average molecular weight is 655 g/mol. The van der Waals surface area contributed by atoms with E-state index in [0.717, 1.165) is 12.2 Å². The molecule has 0 aliphatic carbocycles. The molecule has 2 nitrogen and oxygen atoms in total. The van der Waals surface area contributed by atoms with E-state index in [1.807, 2.05) is 0 Å². The third kappa shape index (κ3) is 26.6. The van der Waals surface area contributed by atoms with Crippen LogP contribution < -0.4 is 0 Å². The van der Waals surface area contributed by atoms with Gasteiger partial charge in [0, 0.05) is 17.8 Å². The molecule has 0 spiro atoms. The highest BCUT2D eigenvalue weighted by Crippen LogP contribution is 2.22. The van der Waals surface area contributed by atoms with Crippen molar-refractivity contribution in [3.8, 4) is 0 Å². The third-order valence-electron chi connectivity index (χ3n) is 10.6. The molecule has 276 valence electrons. The predicted octanol–water partition coefficient (Wildman–Crippen LogP) is 15.6. The molecule has 1 rings (SSSR count). The van der Waals surface area contributed by atoms with Gasteiger partial charge in [-0.15, -0.1) is 0 Å². The molecule has 47 heavy (non-hydrogen) atoms. The number of hydrogen-bond acceptors (Lipinski definition) is 2. The summed E-state index contributed by atoms with van der Waals surface area (Å²) < 4.78 is 0. The molecule has 0 aromatic carbocycles.